The van der Waals surface area contributed by atoms with Crippen molar-refractivity contribution >= 4 is 5.91 Å². The topological polar surface area (TPSA) is 41.4 Å². The Morgan fingerprint density at radius 2 is 2.04 bits per heavy atom. The molecule has 0 saturated carbocycles. The summed E-state index contributed by atoms with van der Waals surface area (Å²) >= 11 is 0. The standard InChI is InChI=1S/C21H30N4O/c1-23(2)17-18-9-11-19(12-10-18)20-7-3-4-16-25(20)21(26)8-5-14-24-15-6-13-22-24/h6,9-13,15,20H,3-5,7-8,14,16-17H2,1-2H3. The molecule has 1 amide bonds. The second-order valence-corrected chi connectivity index (χ2v) is 7.45. The molecule has 3 rings (SSSR count). The van der Waals surface area contributed by atoms with Crippen molar-refractivity contribution < 1.29 is 4.79 Å². The van der Waals surface area contributed by atoms with Crippen molar-refractivity contribution in [2.75, 3.05) is 20.6 Å². The molecule has 5 nitrogen and oxygen atoms in total. The summed E-state index contributed by atoms with van der Waals surface area (Å²) < 4.78 is 1.89. The number of amides is 1. The Morgan fingerprint density at radius 1 is 1.23 bits per heavy atom. The molecule has 2 aromatic rings. The Hall–Kier alpha value is -2.14. The summed E-state index contributed by atoms with van der Waals surface area (Å²) in [7, 11) is 4.16. The van der Waals surface area contributed by atoms with Gasteiger partial charge in [-0.05, 0) is 57.0 Å². The summed E-state index contributed by atoms with van der Waals surface area (Å²) in [5, 5.41) is 4.21. The minimum Gasteiger partial charge on any atom is -0.336 e. The number of carbonyl (C=O) groups is 1. The van der Waals surface area contributed by atoms with Crippen LogP contribution in [0.25, 0.3) is 0 Å². The van der Waals surface area contributed by atoms with E-state index in [0.29, 0.717) is 6.42 Å². The van der Waals surface area contributed by atoms with Gasteiger partial charge in [-0.15, -0.1) is 0 Å². The maximum atomic E-state index is 12.8. The molecule has 140 valence electrons. The first kappa shape index (κ1) is 18.6. The van der Waals surface area contributed by atoms with Crippen LogP contribution in [-0.2, 0) is 17.9 Å². The van der Waals surface area contributed by atoms with E-state index in [0.717, 1.165) is 38.9 Å². The molecule has 1 atom stereocenters. The van der Waals surface area contributed by atoms with Gasteiger partial charge in [-0.1, -0.05) is 24.3 Å². The highest BCUT2D eigenvalue weighted by Gasteiger charge is 2.27. The molecule has 1 aliphatic heterocycles. The summed E-state index contributed by atoms with van der Waals surface area (Å²) in [6.07, 6.45) is 8.53. The van der Waals surface area contributed by atoms with Gasteiger partial charge >= 0.3 is 0 Å². The average Bonchev–Trinajstić information content (AvgIpc) is 3.15. The van der Waals surface area contributed by atoms with Gasteiger partial charge in [0.05, 0.1) is 6.04 Å². The third kappa shape index (κ3) is 4.94. The summed E-state index contributed by atoms with van der Waals surface area (Å²) in [5.41, 5.74) is 2.58. The van der Waals surface area contributed by atoms with Crippen LogP contribution >= 0.6 is 0 Å². The minimum absolute atomic E-state index is 0.231. The van der Waals surface area contributed by atoms with E-state index in [9.17, 15) is 4.79 Å². The second kappa shape index (κ2) is 8.99. The molecule has 1 fully saturated rings. The van der Waals surface area contributed by atoms with Crippen molar-refractivity contribution in [1.29, 1.82) is 0 Å². The summed E-state index contributed by atoms with van der Waals surface area (Å²) in [6.45, 7) is 2.63. The zero-order chi connectivity index (χ0) is 18.4. The fraction of sp³-hybridized carbons (Fsp3) is 0.524. The third-order valence-corrected chi connectivity index (χ3v) is 5.02. The van der Waals surface area contributed by atoms with Crippen LogP contribution in [0.15, 0.2) is 42.7 Å². The lowest BCUT2D eigenvalue weighted by Crippen LogP contribution is -2.38. The molecular formula is C21H30N4O. The summed E-state index contributed by atoms with van der Waals surface area (Å²) in [6, 6.07) is 11.0. The lowest BCUT2D eigenvalue weighted by Gasteiger charge is -2.36. The first-order valence-corrected chi connectivity index (χ1v) is 9.64. The van der Waals surface area contributed by atoms with E-state index in [4.69, 9.17) is 0 Å². The number of rotatable bonds is 7. The van der Waals surface area contributed by atoms with Gasteiger partial charge in [0.15, 0.2) is 0 Å². The molecule has 1 unspecified atom stereocenters. The van der Waals surface area contributed by atoms with E-state index in [-0.39, 0.29) is 11.9 Å². The van der Waals surface area contributed by atoms with Crippen molar-refractivity contribution in [3.8, 4) is 0 Å². The van der Waals surface area contributed by atoms with Crippen LogP contribution in [0.2, 0.25) is 0 Å². The van der Waals surface area contributed by atoms with Gasteiger partial charge in [0.25, 0.3) is 0 Å². The van der Waals surface area contributed by atoms with Crippen molar-refractivity contribution in [3.05, 3.63) is 53.9 Å². The van der Waals surface area contributed by atoms with Crippen LogP contribution < -0.4 is 0 Å². The predicted molar refractivity (Wildman–Crippen MR) is 104 cm³/mol. The smallest absolute Gasteiger partial charge is 0.223 e. The third-order valence-electron chi connectivity index (χ3n) is 5.02. The highest BCUT2D eigenvalue weighted by Crippen LogP contribution is 2.31. The molecule has 0 radical (unpaired) electrons. The van der Waals surface area contributed by atoms with Crippen LogP contribution in [0, 0.1) is 0 Å². The maximum absolute atomic E-state index is 12.8. The van der Waals surface area contributed by atoms with Crippen molar-refractivity contribution in [2.45, 2.75) is 51.2 Å². The number of likely N-dealkylation sites (tertiary alicyclic amines) is 1. The molecule has 0 spiro atoms. The van der Waals surface area contributed by atoms with Gasteiger partial charge in [0, 0.05) is 38.4 Å². The van der Waals surface area contributed by atoms with Gasteiger partial charge in [0.2, 0.25) is 5.91 Å². The number of hydrogen-bond acceptors (Lipinski definition) is 3. The monoisotopic (exact) mass is 354 g/mol. The number of carbonyl (C=O) groups excluding carboxylic acids is 1. The molecule has 1 aliphatic rings. The minimum atomic E-state index is 0.231. The van der Waals surface area contributed by atoms with E-state index < -0.39 is 0 Å². The summed E-state index contributed by atoms with van der Waals surface area (Å²) in [5.74, 6) is 0.277. The fourth-order valence-corrected chi connectivity index (χ4v) is 3.76. The largest absolute Gasteiger partial charge is 0.336 e. The van der Waals surface area contributed by atoms with Crippen molar-refractivity contribution in [3.63, 3.8) is 0 Å². The van der Waals surface area contributed by atoms with E-state index in [2.05, 4.69) is 53.3 Å². The van der Waals surface area contributed by atoms with E-state index in [1.54, 1.807) is 6.20 Å². The number of hydrogen-bond donors (Lipinski definition) is 0. The number of piperidine rings is 1. The van der Waals surface area contributed by atoms with Crippen LogP contribution in [0.5, 0.6) is 0 Å². The molecule has 0 N–H and O–H groups in total. The van der Waals surface area contributed by atoms with E-state index in [1.165, 1.54) is 17.5 Å². The molecule has 0 aliphatic carbocycles. The first-order chi connectivity index (χ1) is 12.6. The predicted octanol–water partition coefficient (Wildman–Crippen LogP) is 3.48. The van der Waals surface area contributed by atoms with Crippen molar-refractivity contribution in [1.82, 2.24) is 19.6 Å². The highest BCUT2D eigenvalue weighted by molar-refractivity contribution is 5.76. The molecule has 0 bridgehead atoms. The van der Waals surface area contributed by atoms with Gasteiger partial charge in [-0.25, -0.2) is 0 Å². The molecule has 1 aromatic carbocycles. The molecule has 1 saturated heterocycles. The Labute approximate surface area is 156 Å². The number of aromatic nitrogens is 2. The van der Waals surface area contributed by atoms with Crippen LogP contribution in [-0.4, -0.2) is 46.1 Å². The lowest BCUT2D eigenvalue weighted by molar-refractivity contribution is -0.135. The van der Waals surface area contributed by atoms with E-state index in [1.807, 2.05) is 16.9 Å². The average molecular weight is 354 g/mol. The van der Waals surface area contributed by atoms with Crippen LogP contribution in [0.1, 0.15) is 49.3 Å². The maximum Gasteiger partial charge on any atom is 0.223 e. The highest BCUT2D eigenvalue weighted by atomic mass is 16.2. The molecule has 1 aromatic heterocycles. The molecule has 26 heavy (non-hydrogen) atoms. The quantitative estimate of drug-likeness (QED) is 0.764. The van der Waals surface area contributed by atoms with Crippen molar-refractivity contribution in [2.24, 2.45) is 0 Å². The second-order valence-electron chi connectivity index (χ2n) is 7.45. The van der Waals surface area contributed by atoms with Gasteiger partial charge in [-0.3, -0.25) is 9.48 Å². The van der Waals surface area contributed by atoms with Crippen LogP contribution in [0.3, 0.4) is 0 Å². The summed E-state index contributed by atoms with van der Waals surface area (Å²) in [4.78, 5) is 17.1. The van der Waals surface area contributed by atoms with Gasteiger partial charge in [-0.2, -0.15) is 5.10 Å². The Kier molecular flexibility index (Phi) is 6.45. The Bertz CT molecular complexity index is 679. The molecular weight excluding hydrogens is 324 g/mol. The van der Waals surface area contributed by atoms with Gasteiger partial charge < -0.3 is 9.80 Å². The molecule has 2 heterocycles. The van der Waals surface area contributed by atoms with Gasteiger partial charge in [0.1, 0.15) is 0 Å². The number of nitrogens with zero attached hydrogens (tertiary/aromatic N) is 4. The zero-order valence-corrected chi connectivity index (χ0v) is 16.0. The zero-order valence-electron chi connectivity index (χ0n) is 16.0. The number of benzene rings is 1. The van der Waals surface area contributed by atoms with E-state index >= 15 is 0 Å². The Morgan fingerprint density at radius 3 is 2.73 bits per heavy atom. The van der Waals surface area contributed by atoms with Crippen LogP contribution in [0.4, 0.5) is 0 Å². The SMILES string of the molecule is CN(C)Cc1ccc(C2CCCCN2C(=O)CCCn2cccn2)cc1. The number of aryl methyl sites for hydroxylation is 1. The fourth-order valence-electron chi connectivity index (χ4n) is 3.76. The first-order valence-electron chi connectivity index (χ1n) is 9.64. The normalized spacial score (nSPS) is 17.7. The Balaban J connectivity index is 1.60. The molecule has 5 heteroatoms. The lowest BCUT2D eigenvalue weighted by atomic mass is 9.94.